The molecule has 4 rings (SSSR count). The fourth-order valence-corrected chi connectivity index (χ4v) is 3.62. The summed E-state index contributed by atoms with van der Waals surface area (Å²) in [6.45, 7) is 0. The Bertz CT molecular complexity index is 1140. The van der Waals surface area contributed by atoms with Crippen LogP contribution in [0.1, 0.15) is 5.56 Å². The van der Waals surface area contributed by atoms with Crippen molar-refractivity contribution in [3.05, 3.63) is 87.7 Å². The molecule has 0 spiro atoms. The summed E-state index contributed by atoms with van der Waals surface area (Å²) in [6, 6.07) is 13.3. The number of benzene rings is 2. The predicted molar refractivity (Wildman–Crippen MR) is 99.6 cm³/mol. The van der Waals surface area contributed by atoms with E-state index in [1.165, 1.54) is 28.5 Å². The highest BCUT2D eigenvalue weighted by Crippen LogP contribution is 2.22. The molecule has 4 aromatic rings. The number of thioether (sulfide) groups is 1. The molecule has 8 heteroatoms. The number of fused-ring (bicyclic) bond motifs is 1. The van der Waals surface area contributed by atoms with Gasteiger partial charge in [0, 0.05) is 28.9 Å². The molecule has 0 fully saturated rings. The van der Waals surface area contributed by atoms with Crippen LogP contribution in [0.2, 0.25) is 5.02 Å². The average molecular weight is 387 g/mol. The van der Waals surface area contributed by atoms with Crippen molar-refractivity contribution < 1.29 is 4.39 Å². The van der Waals surface area contributed by atoms with Gasteiger partial charge in [0.15, 0.2) is 5.16 Å². The van der Waals surface area contributed by atoms with Crippen molar-refractivity contribution in [3.63, 3.8) is 0 Å². The Balaban J connectivity index is 1.65. The van der Waals surface area contributed by atoms with Crippen LogP contribution >= 0.6 is 23.4 Å². The van der Waals surface area contributed by atoms with Crippen LogP contribution in [0.4, 0.5) is 4.39 Å². The molecule has 0 amide bonds. The van der Waals surface area contributed by atoms with E-state index < -0.39 is 0 Å². The van der Waals surface area contributed by atoms with E-state index in [4.69, 9.17) is 11.6 Å². The van der Waals surface area contributed by atoms with E-state index in [1.54, 1.807) is 28.9 Å². The molecule has 0 bridgehead atoms. The second kappa shape index (κ2) is 6.93. The molecule has 2 heterocycles. The summed E-state index contributed by atoms with van der Waals surface area (Å²) in [5, 5.41) is 9.41. The molecule has 5 nitrogen and oxygen atoms in total. The van der Waals surface area contributed by atoms with E-state index in [2.05, 4.69) is 10.2 Å². The molecule has 0 atom stereocenters. The summed E-state index contributed by atoms with van der Waals surface area (Å²) >= 11 is 7.46. The van der Waals surface area contributed by atoms with Crippen molar-refractivity contribution in [2.24, 2.45) is 0 Å². The Morgan fingerprint density at radius 3 is 2.65 bits per heavy atom. The van der Waals surface area contributed by atoms with Crippen LogP contribution in [0.15, 0.2) is 70.9 Å². The predicted octanol–water partition coefficient (Wildman–Crippen LogP) is 3.97. The second-order valence-corrected chi connectivity index (χ2v) is 6.92. The van der Waals surface area contributed by atoms with E-state index in [0.29, 0.717) is 21.6 Å². The van der Waals surface area contributed by atoms with Gasteiger partial charge < -0.3 is 0 Å². The lowest BCUT2D eigenvalue weighted by Crippen LogP contribution is -2.20. The first-order valence-corrected chi connectivity index (χ1v) is 9.08. The largest absolute Gasteiger partial charge is 0.300 e. The summed E-state index contributed by atoms with van der Waals surface area (Å²) in [7, 11) is 0. The van der Waals surface area contributed by atoms with Gasteiger partial charge in [0.05, 0.1) is 0 Å². The van der Waals surface area contributed by atoms with Gasteiger partial charge in [0.25, 0.3) is 0 Å². The van der Waals surface area contributed by atoms with Gasteiger partial charge in [-0.05, 0) is 42.0 Å². The Hall–Kier alpha value is -2.64. The summed E-state index contributed by atoms with van der Waals surface area (Å²) in [6.07, 6.45) is 3.34. The van der Waals surface area contributed by atoms with Gasteiger partial charge in [-0.25, -0.2) is 4.39 Å². The lowest BCUT2D eigenvalue weighted by Gasteiger charge is -2.06. The van der Waals surface area contributed by atoms with Crippen molar-refractivity contribution in [3.8, 4) is 5.69 Å². The first-order chi connectivity index (χ1) is 12.6. The molecular formula is C18H12ClFN4OS. The number of hydrogen-bond donors (Lipinski definition) is 0. The lowest BCUT2D eigenvalue weighted by molar-refractivity contribution is 0.627. The summed E-state index contributed by atoms with van der Waals surface area (Å²) in [5.41, 5.74) is 1.51. The third-order valence-corrected chi connectivity index (χ3v) is 5.05. The Morgan fingerprint density at radius 1 is 1.08 bits per heavy atom. The molecular weight excluding hydrogens is 375 g/mol. The summed E-state index contributed by atoms with van der Waals surface area (Å²) < 4.78 is 16.1. The molecule has 0 aliphatic heterocycles. The normalized spacial score (nSPS) is 11.2. The van der Waals surface area contributed by atoms with Crippen LogP contribution in [-0.2, 0) is 5.75 Å². The third kappa shape index (κ3) is 3.23. The molecule has 0 aliphatic carbocycles. The summed E-state index contributed by atoms with van der Waals surface area (Å²) in [4.78, 5) is 12.7. The monoisotopic (exact) mass is 386 g/mol. The minimum atomic E-state index is -0.356. The maximum atomic E-state index is 13.1. The molecule has 0 saturated carbocycles. The average Bonchev–Trinajstić information content (AvgIpc) is 3.05. The van der Waals surface area contributed by atoms with Crippen molar-refractivity contribution in [2.75, 3.05) is 0 Å². The molecule has 26 heavy (non-hydrogen) atoms. The van der Waals surface area contributed by atoms with Gasteiger partial charge in [-0.3, -0.25) is 13.8 Å². The highest BCUT2D eigenvalue weighted by atomic mass is 35.5. The smallest absolute Gasteiger partial charge is 0.280 e. The van der Waals surface area contributed by atoms with Crippen molar-refractivity contribution in [2.45, 2.75) is 10.9 Å². The van der Waals surface area contributed by atoms with Crippen LogP contribution in [0.5, 0.6) is 0 Å². The van der Waals surface area contributed by atoms with Gasteiger partial charge in [0.2, 0.25) is 5.65 Å². The zero-order chi connectivity index (χ0) is 18.1. The van der Waals surface area contributed by atoms with Gasteiger partial charge >= 0.3 is 5.56 Å². The fraction of sp³-hybridized carbons (Fsp3) is 0.0556. The number of rotatable bonds is 4. The van der Waals surface area contributed by atoms with Crippen LogP contribution in [0.3, 0.4) is 0 Å². The Kier molecular flexibility index (Phi) is 4.48. The molecule has 0 aliphatic rings. The van der Waals surface area contributed by atoms with Crippen LogP contribution in [0, 0.1) is 5.82 Å². The molecule has 2 aromatic carbocycles. The van der Waals surface area contributed by atoms with Gasteiger partial charge in [-0.2, -0.15) is 0 Å². The van der Waals surface area contributed by atoms with E-state index in [1.807, 2.05) is 24.3 Å². The SMILES string of the molecule is O=c1c2nnc(SCc3cccc(Cl)c3)n2ccn1-c1ccc(F)cc1. The number of aromatic nitrogens is 4. The maximum absolute atomic E-state index is 13.1. The minimum Gasteiger partial charge on any atom is -0.280 e. The third-order valence-electron chi connectivity index (χ3n) is 3.80. The molecule has 2 aromatic heterocycles. The first-order valence-electron chi connectivity index (χ1n) is 7.71. The van der Waals surface area contributed by atoms with E-state index in [-0.39, 0.29) is 17.0 Å². The van der Waals surface area contributed by atoms with E-state index >= 15 is 0 Å². The van der Waals surface area contributed by atoms with Crippen LogP contribution in [-0.4, -0.2) is 19.2 Å². The van der Waals surface area contributed by atoms with Crippen LogP contribution < -0.4 is 5.56 Å². The fourth-order valence-electron chi connectivity index (χ4n) is 2.54. The molecule has 0 N–H and O–H groups in total. The topological polar surface area (TPSA) is 52.2 Å². The molecule has 0 saturated heterocycles. The molecule has 0 radical (unpaired) electrons. The van der Waals surface area contributed by atoms with Crippen molar-refractivity contribution in [1.82, 2.24) is 19.2 Å². The van der Waals surface area contributed by atoms with E-state index in [9.17, 15) is 9.18 Å². The quantitative estimate of drug-likeness (QED) is 0.498. The molecule has 130 valence electrons. The first kappa shape index (κ1) is 16.8. The van der Waals surface area contributed by atoms with E-state index in [0.717, 1.165) is 5.56 Å². The number of halogens is 2. The number of hydrogen-bond acceptors (Lipinski definition) is 4. The van der Waals surface area contributed by atoms with Crippen LogP contribution in [0.25, 0.3) is 11.3 Å². The zero-order valence-electron chi connectivity index (χ0n) is 13.3. The van der Waals surface area contributed by atoms with Gasteiger partial charge in [-0.1, -0.05) is 35.5 Å². The highest BCUT2D eigenvalue weighted by molar-refractivity contribution is 7.98. The highest BCUT2D eigenvalue weighted by Gasteiger charge is 2.12. The number of nitrogens with zero attached hydrogens (tertiary/aromatic N) is 4. The summed E-state index contributed by atoms with van der Waals surface area (Å²) in [5.74, 6) is 0.299. The lowest BCUT2D eigenvalue weighted by atomic mass is 10.2. The standard InChI is InChI=1S/C18H12ClFN4OS/c19-13-3-1-2-12(10-13)11-26-18-22-21-16-17(25)23(8-9-24(16)18)15-6-4-14(20)5-7-15/h1-10H,11H2. The Labute approximate surface area is 157 Å². The zero-order valence-corrected chi connectivity index (χ0v) is 14.9. The minimum absolute atomic E-state index is 0.213. The molecule has 0 unspecified atom stereocenters. The van der Waals surface area contributed by atoms with Gasteiger partial charge in [-0.15, -0.1) is 10.2 Å². The van der Waals surface area contributed by atoms with Crippen molar-refractivity contribution >= 4 is 29.0 Å². The second-order valence-electron chi connectivity index (χ2n) is 5.54. The Morgan fingerprint density at radius 2 is 1.88 bits per heavy atom. The van der Waals surface area contributed by atoms with Crippen molar-refractivity contribution in [1.29, 1.82) is 0 Å². The van der Waals surface area contributed by atoms with Gasteiger partial charge in [0.1, 0.15) is 5.82 Å². The maximum Gasteiger partial charge on any atom is 0.300 e.